The summed E-state index contributed by atoms with van der Waals surface area (Å²) < 4.78 is 56.9. The number of hydrogen-bond acceptors (Lipinski definition) is 6. The molecule has 0 aliphatic carbocycles. The smallest absolute Gasteiger partial charge is 0.475 e. The topological polar surface area (TPSA) is 116 Å². The van der Waals surface area contributed by atoms with Crippen molar-refractivity contribution in [3.05, 3.63) is 21.9 Å². The first-order valence-corrected chi connectivity index (χ1v) is 12.0. The summed E-state index contributed by atoms with van der Waals surface area (Å²) in [5.74, 6) is -2.69. The zero-order valence-electron chi connectivity index (χ0n) is 16.2. The second-order valence-corrected chi connectivity index (χ2v) is 10.0. The van der Waals surface area contributed by atoms with Crippen molar-refractivity contribution >= 4 is 33.2 Å². The molecule has 1 unspecified atom stereocenters. The first kappa shape index (κ1) is 24.6. The van der Waals surface area contributed by atoms with Crippen molar-refractivity contribution in [1.29, 1.82) is 0 Å². The molecule has 3 N–H and O–H groups in total. The molecule has 30 heavy (non-hydrogen) atoms. The molecule has 0 aromatic carbocycles. The number of rotatable bonds is 4. The molecule has 1 aromatic heterocycles. The van der Waals surface area contributed by atoms with Crippen molar-refractivity contribution in [2.75, 3.05) is 25.9 Å². The molecule has 0 bridgehead atoms. The van der Waals surface area contributed by atoms with E-state index in [1.54, 1.807) is 11.3 Å². The van der Waals surface area contributed by atoms with Gasteiger partial charge in [0.25, 0.3) is 5.91 Å². The quantitative estimate of drug-likeness (QED) is 0.618. The number of carbonyl (C=O) groups is 2. The molecular weight excluding hydrogens is 447 g/mol. The summed E-state index contributed by atoms with van der Waals surface area (Å²) in [6, 6.07) is 4.31. The van der Waals surface area contributed by atoms with Crippen LogP contribution in [-0.2, 0) is 14.8 Å². The number of thiophene rings is 1. The number of likely N-dealkylation sites (tertiary alicyclic amines) is 1. The molecule has 13 heteroatoms. The van der Waals surface area contributed by atoms with E-state index in [0.29, 0.717) is 32.0 Å². The van der Waals surface area contributed by atoms with Gasteiger partial charge in [0, 0.05) is 30.1 Å². The maximum atomic E-state index is 12.6. The van der Waals surface area contributed by atoms with Gasteiger partial charge in [-0.25, -0.2) is 17.9 Å². The minimum atomic E-state index is -5.08. The number of carboxylic acids is 1. The Balaban J connectivity index is 0.000000396. The van der Waals surface area contributed by atoms with Gasteiger partial charge in [-0.05, 0) is 44.4 Å². The number of nitrogens with zero attached hydrogens (tertiary/aromatic N) is 1. The maximum Gasteiger partial charge on any atom is 0.490 e. The maximum absolute atomic E-state index is 12.6. The summed E-state index contributed by atoms with van der Waals surface area (Å²) in [7, 11) is -3.18. The highest BCUT2D eigenvalue weighted by molar-refractivity contribution is 7.88. The second kappa shape index (κ2) is 10.1. The van der Waals surface area contributed by atoms with Gasteiger partial charge >= 0.3 is 12.1 Å². The zero-order valence-corrected chi connectivity index (χ0v) is 17.9. The first-order chi connectivity index (χ1) is 13.9. The SMILES string of the molecule is CS(=O)(=O)NC1CCN(C(=O)c2ccc(C3CCCN3)s2)CC1.O=C(O)C(F)(F)F. The van der Waals surface area contributed by atoms with Crippen molar-refractivity contribution in [3.8, 4) is 0 Å². The Bertz CT molecular complexity index is 843. The fourth-order valence-corrected chi connectivity index (χ4v) is 5.17. The first-order valence-electron chi connectivity index (χ1n) is 9.26. The largest absolute Gasteiger partial charge is 0.490 e. The standard InChI is InChI=1S/C15H23N3O3S2.C2HF3O2/c1-23(20,21)17-11-6-9-18(10-7-11)15(19)14-5-4-13(22-14)12-3-2-8-16-12;3-2(4,5)1(6)7/h4-5,11-12,16-17H,2-3,6-10H2,1H3;(H,6,7). The van der Waals surface area contributed by atoms with Crippen LogP contribution >= 0.6 is 11.3 Å². The van der Waals surface area contributed by atoms with Crippen LogP contribution in [0.5, 0.6) is 0 Å². The minimum absolute atomic E-state index is 0.0596. The van der Waals surface area contributed by atoms with Gasteiger partial charge in [-0.1, -0.05) is 0 Å². The number of hydrogen-bond donors (Lipinski definition) is 3. The van der Waals surface area contributed by atoms with E-state index < -0.39 is 22.2 Å². The van der Waals surface area contributed by atoms with Crippen LogP contribution in [0.15, 0.2) is 12.1 Å². The lowest BCUT2D eigenvalue weighted by atomic mass is 10.1. The number of carbonyl (C=O) groups excluding carboxylic acids is 1. The molecular formula is C17H24F3N3O5S2. The van der Waals surface area contributed by atoms with Gasteiger partial charge in [0.1, 0.15) is 0 Å². The molecule has 1 aromatic rings. The van der Waals surface area contributed by atoms with Gasteiger partial charge in [0.05, 0.1) is 11.1 Å². The third-order valence-electron chi connectivity index (χ3n) is 4.65. The zero-order chi connectivity index (χ0) is 22.5. The molecule has 0 saturated carbocycles. The van der Waals surface area contributed by atoms with Gasteiger partial charge in [0.2, 0.25) is 10.0 Å². The Labute approximate surface area is 176 Å². The van der Waals surface area contributed by atoms with Crippen molar-refractivity contribution in [2.24, 2.45) is 0 Å². The van der Waals surface area contributed by atoms with Crippen molar-refractivity contribution in [1.82, 2.24) is 14.9 Å². The second-order valence-electron chi connectivity index (χ2n) is 7.11. The molecule has 1 amide bonds. The fourth-order valence-electron chi connectivity index (χ4n) is 3.24. The highest BCUT2D eigenvalue weighted by Crippen LogP contribution is 2.30. The number of aliphatic carboxylic acids is 1. The Kier molecular flexibility index (Phi) is 8.25. The molecule has 2 saturated heterocycles. The predicted molar refractivity (Wildman–Crippen MR) is 105 cm³/mol. The molecule has 2 fully saturated rings. The van der Waals surface area contributed by atoms with Crippen LogP contribution in [0.4, 0.5) is 13.2 Å². The van der Waals surface area contributed by atoms with E-state index in [1.807, 2.05) is 11.0 Å². The molecule has 2 aliphatic rings. The van der Waals surface area contributed by atoms with E-state index in [1.165, 1.54) is 17.6 Å². The van der Waals surface area contributed by atoms with Gasteiger partial charge in [-0.3, -0.25) is 4.79 Å². The third-order valence-corrected chi connectivity index (χ3v) is 6.60. The Morgan fingerprint density at radius 1 is 1.23 bits per heavy atom. The fraction of sp³-hybridized carbons (Fsp3) is 0.647. The van der Waals surface area contributed by atoms with Crippen LogP contribution in [0.25, 0.3) is 0 Å². The normalized spacial score (nSPS) is 20.5. The van der Waals surface area contributed by atoms with Gasteiger partial charge in [0.15, 0.2) is 0 Å². The molecule has 2 aliphatic heterocycles. The molecule has 0 spiro atoms. The van der Waals surface area contributed by atoms with Crippen LogP contribution in [0.1, 0.15) is 46.3 Å². The number of piperidine rings is 1. The Hall–Kier alpha value is -1.70. The summed E-state index contributed by atoms with van der Waals surface area (Å²) >= 11 is 1.58. The summed E-state index contributed by atoms with van der Waals surface area (Å²) in [5, 5.41) is 10.6. The summed E-state index contributed by atoms with van der Waals surface area (Å²) in [6.07, 6.45) is -0.249. The minimum Gasteiger partial charge on any atom is -0.475 e. The third kappa shape index (κ3) is 7.52. The van der Waals surface area contributed by atoms with Crippen LogP contribution in [0, 0.1) is 0 Å². The van der Waals surface area contributed by atoms with Crippen LogP contribution in [0.3, 0.4) is 0 Å². The lowest BCUT2D eigenvalue weighted by Crippen LogP contribution is -2.46. The number of amides is 1. The summed E-state index contributed by atoms with van der Waals surface area (Å²) in [4.78, 5) is 25.3. The van der Waals surface area contributed by atoms with Gasteiger partial charge < -0.3 is 15.3 Å². The van der Waals surface area contributed by atoms with Crippen LogP contribution in [0.2, 0.25) is 0 Å². The lowest BCUT2D eigenvalue weighted by Gasteiger charge is -2.31. The Morgan fingerprint density at radius 3 is 2.30 bits per heavy atom. The molecule has 8 nitrogen and oxygen atoms in total. The van der Waals surface area contributed by atoms with Crippen LogP contribution in [-0.4, -0.2) is 68.4 Å². The van der Waals surface area contributed by atoms with Crippen molar-refractivity contribution in [3.63, 3.8) is 0 Å². The number of carboxylic acid groups (broad SMARTS) is 1. The number of sulfonamides is 1. The monoisotopic (exact) mass is 471 g/mol. The van der Waals surface area contributed by atoms with E-state index in [-0.39, 0.29) is 11.9 Å². The van der Waals surface area contributed by atoms with E-state index in [9.17, 15) is 26.4 Å². The molecule has 1 atom stereocenters. The average molecular weight is 472 g/mol. The molecule has 3 rings (SSSR count). The number of halogens is 3. The molecule has 3 heterocycles. The number of nitrogens with one attached hydrogen (secondary N) is 2. The predicted octanol–water partition coefficient (Wildman–Crippen LogP) is 1.96. The summed E-state index contributed by atoms with van der Waals surface area (Å²) in [5.41, 5.74) is 0. The molecule has 170 valence electrons. The van der Waals surface area contributed by atoms with Gasteiger partial charge in [-0.2, -0.15) is 13.2 Å². The Morgan fingerprint density at radius 2 is 1.83 bits per heavy atom. The molecule has 0 radical (unpaired) electrons. The van der Waals surface area contributed by atoms with E-state index in [4.69, 9.17) is 9.90 Å². The van der Waals surface area contributed by atoms with Crippen molar-refractivity contribution in [2.45, 2.75) is 43.9 Å². The van der Waals surface area contributed by atoms with Crippen molar-refractivity contribution < 1.29 is 36.3 Å². The highest BCUT2D eigenvalue weighted by Gasteiger charge is 2.38. The van der Waals surface area contributed by atoms with Gasteiger partial charge in [-0.15, -0.1) is 11.3 Å². The van der Waals surface area contributed by atoms with Crippen LogP contribution < -0.4 is 10.0 Å². The average Bonchev–Trinajstić information content (AvgIpc) is 3.32. The lowest BCUT2D eigenvalue weighted by molar-refractivity contribution is -0.192. The highest BCUT2D eigenvalue weighted by atomic mass is 32.2. The van der Waals surface area contributed by atoms with E-state index in [0.717, 1.165) is 17.8 Å². The number of alkyl halides is 3. The van der Waals surface area contributed by atoms with E-state index >= 15 is 0 Å². The van der Waals surface area contributed by atoms with E-state index in [2.05, 4.69) is 16.1 Å². The summed E-state index contributed by atoms with van der Waals surface area (Å²) in [6.45, 7) is 2.24.